The van der Waals surface area contributed by atoms with E-state index in [0.29, 0.717) is 35.9 Å². The number of carboxylic acid groups (broad SMARTS) is 1. The minimum atomic E-state index is -1.23. The average molecular weight is 538 g/mol. The Hall–Kier alpha value is -4.05. The normalized spacial score (nSPS) is 19.7. The van der Waals surface area contributed by atoms with Crippen LogP contribution in [-0.2, 0) is 20.8 Å². The fourth-order valence-corrected chi connectivity index (χ4v) is 4.96. The quantitative estimate of drug-likeness (QED) is 0.295. The fourth-order valence-electron chi connectivity index (χ4n) is 4.28. The van der Waals surface area contributed by atoms with Gasteiger partial charge in [0, 0.05) is 17.7 Å². The van der Waals surface area contributed by atoms with E-state index in [4.69, 9.17) is 19.3 Å². The zero-order valence-corrected chi connectivity index (χ0v) is 22.2. The maximum absolute atomic E-state index is 12.1. The van der Waals surface area contributed by atoms with Gasteiger partial charge in [0.25, 0.3) is 11.1 Å². The molecule has 2 aliphatic rings. The maximum Gasteiger partial charge on any atom is 0.336 e. The molecule has 9 nitrogen and oxygen atoms in total. The number of rotatable bonds is 7. The van der Waals surface area contributed by atoms with Gasteiger partial charge in [0.05, 0.1) is 4.91 Å². The Kier molecular flexibility index (Phi) is 7.63. The first kappa shape index (κ1) is 27.0. The summed E-state index contributed by atoms with van der Waals surface area (Å²) < 4.78 is 18.0. The molecule has 1 fully saturated rings. The Labute approximate surface area is 223 Å². The fraction of sp³-hybridized carbons (Fsp3) is 0.286. The number of carbonyl (C=O) groups excluding carboxylic acids is 3. The number of nitrogens with one attached hydrogen (secondary N) is 1. The first-order chi connectivity index (χ1) is 18.0. The lowest BCUT2D eigenvalue weighted by Crippen LogP contribution is -2.42. The van der Waals surface area contributed by atoms with Crippen LogP contribution in [0.2, 0.25) is 0 Å². The molecular weight excluding hydrogens is 510 g/mol. The van der Waals surface area contributed by atoms with Crippen LogP contribution in [0.15, 0.2) is 41.3 Å². The van der Waals surface area contributed by atoms with Gasteiger partial charge in [0.15, 0.2) is 0 Å². The first-order valence-corrected chi connectivity index (χ1v) is 12.7. The molecule has 0 spiro atoms. The van der Waals surface area contributed by atoms with Crippen molar-refractivity contribution in [2.75, 3.05) is 6.61 Å². The molecule has 198 valence electrons. The van der Waals surface area contributed by atoms with E-state index in [2.05, 4.69) is 5.32 Å². The van der Waals surface area contributed by atoms with Gasteiger partial charge in [0.2, 0.25) is 0 Å². The molecule has 2 amide bonds. The van der Waals surface area contributed by atoms with E-state index in [9.17, 15) is 19.2 Å². The van der Waals surface area contributed by atoms with Gasteiger partial charge in [-0.1, -0.05) is 12.1 Å². The summed E-state index contributed by atoms with van der Waals surface area (Å²) in [5, 5.41) is 10.6. The van der Waals surface area contributed by atoms with E-state index >= 15 is 0 Å². The highest BCUT2D eigenvalue weighted by Gasteiger charge is 2.36. The number of carboxylic acids is 1. The lowest BCUT2D eigenvalue weighted by Gasteiger charge is -2.37. The third-order valence-corrected chi connectivity index (χ3v) is 7.30. The van der Waals surface area contributed by atoms with E-state index in [1.165, 1.54) is 0 Å². The second-order valence-corrected chi connectivity index (χ2v) is 10.4. The van der Waals surface area contributed by atoms with E-state index in [-0.39, 0.29) is 5.24 Å². The van der Waals surface area contributed by atoms with Crippen molar-refractivity contribution in [3.05, 3.63) is 69.1 Å². The van der Waals surface area contributed by atoms with Gasteiger partial charge in [-0.2, -0.15) is 0 Å². The van der Waals surface area contributed by atoms with Crippen LogP contribution in [0.5, 0.6) is 17.2 Å². The van der Waals surface area contributed by atoms with E-state index < -0.39 is 23.4 Å². The molecule has 0 aliphatic carbocycles. The summed E-state index contributed by atoms with van der Waals surface area (Å²) in [6.45, 7) is 7.87. The number of imide groups is 1. The van der Waals surface area contributed by atoms with Crippen molar-refractivity contribution in [2.45, 2.75) is 46.1 Å². The van der Waals surface area contributed by atoms with Gasteiger partial charge in [-0.3, -0.25) is 14.9 Å². The zero-order valence-electron chi connectivity index (χ0n) is 21.4. The average Bonchev–Trinajstić information content (AvgIpc) is 3.19. The highest BCUT2D eigenvalue weighted by atomic mass is 32.2. The van der Waals surface area contributed by atoms with Crippen LogP contribution < -0.4 is 19.5 Å². The van der Waals surface area contributed by atoms with Gasteiger partial charge in [-0.15, -0.1) is 0 Å². The van der Waals surface area contributed by atoms with Crippen molar-refractivity contribution in [2.24, 2.45) is 0 Å². The van der Waals surface area contributed by atoms with Crippen LogP contribution in [0.3, 0.4) is 0 Å². The number of thioether (sulfide) groups is 1. The molecule has 2 aromatic carbocycles. The van der Waals surface area contributed by atoms with E-state index in [1.807, 2.05) is 39.8 Å². The summed E-state index contributed by atoms with van der Waals surface area (Å²) in [5.41, 5.74) is 3.48. The van der Waals surface area contributed by atoms with Crippen LogP contribution in [0.1, 0.15) is 41.2 Å². The largest absolute Gasteiger partial charge is 0.489 e. The summed E-state index contributed by atoms with van der Waals surface area (Å²) in [4.78, 5) is 46.2. The Balaban J connectivity index is 1.45. The molecule has 2 aromatic rings. The minimum Gasteiger partial charge on any atom is -0.489 e. The van der Waals surface area contributed by atoms with Gasteiger partial charge in [0.1, 0.15) is 29.5 Å². The number of benzene rings is 2. The van der Waals surface area contributed by atoms with Crippen LogP contribution in [-0.4, -0.2) is 40.4 Å². The molecule has 10 heteroatoms. The summed E-state index contributed by atoms with van der Waals surface area (Å²) in [6, 6.07) is 7.21. The smallest absolute Gasteiger partial charge is 0.336 e. The molecule has 0 radical (unpaired) electrons. The highest BCUT2D eigenvalue weighted by Crippen LogP contribution is 2.44. The van der Waals surface area contributed by atoms with Crippen LogP contribution >= 0.6 is 11.8 Å². The standard InChI is InChI=1S/C28H27NO8S/c1-15-16(2)25-20(17(3)24(15)36-23(32)10-9-22(30)31)11-12-28(4,37-25)14-35-19-7-5-18(6-8-19)13-21-26(33)29-27(34)38-21/h5-10,13H,11-12,14H2,1-4H3,(H,30,31)(H,29,33,34). The maximum atomic E-state index is 12.1. The molecule has 0 saturated carbocycles. The number of amides is 2. The predicted octanol–water partition coefficient (Wildman–Crippen LogP) is 4.64. The van der Waals surface area contributed by atoms with E-state index in [0.717, 1.165) is 57.5 Å². The second-order valence-electron chi connectivity index (χ2n) is 9.37. The SMILES string of the molecule is Cc1c(C)c2c(c(C)c1OC(=O)C=CC(=O)O)CCC(C)(COc1ccc(C=C3SC(=O)NC3=O)cc1)O2. The summed E-state index contributed by atoms with van der Waals surface area (Å²) in [6.07, 6.45) is 4.63. The molecule has 1 saturated heterocycles. The second kappa shape index (κ2) is 10.7. The van der Waals surface area contributed by atoms with Crippen molar-refractivity contribution in [3.63, 3.8) is 0 Å². The number of hydrogen-bond acceptors (Lipinski definition) is 8. The number of carbonyl (C=O) groups is 4. The lowest BCUT2D eigenvalue weighted by molar-refractivity contribution is -0.133. The molecule has 38 heavy (non-hydrogen) atoms. The van der Waals surface area contributed by atoms with Gasteiger partial charge < -0.3 is 19.3 Å². The molecule has 2 aliphatic heterocycles. The van der Waals surface area contributed by atoms with Crippen LogP contribution in [0, 0.1) is 20.8 Å². The lowest BCUT2D eigenvalue weighted by atomic mass is 9.87. The Morgan fingerprint density at radius 1 is 1.11 bits per heavy atom. The van der Waals surface area contributed by atoms with Crippen molar-refractivity contribution >= 4 is 40.9 Å². The highest BCUT2D eigenvalue weighted by molar-refractivity contribution is 8.18. The first-order valence-electron chi connectivity index (χ1n) is 11.9. The molecule has 1 unspecified atom stereocenters. The molecule has 0 bridgehead atoms. The topological polar surface area (TPSA) is 128 Å². The van der Waals surface area contributed by atoms with Gasteiger partial charge in [-0.05, 0) is 92.8 Å². The molecule has 1 atom stereocenters. The minimum absolute atomic E-state index is 0.299. The summed E-state index contributed by atoms with van der Waals surface area (Å²) in [7, 11) is 0. The third-order valence-electron chi connectivity index (χ3n) is 6.49. The van der Waals surface area contributed by atoms with Crippen LogP contribution in [0.25, 0.3) is 6.08 Å². The molecule has 2 N–H and O–H groups in total. The number of hydrogen-bond donors (Lipinski definition) is 2. The van der Waals surface area contributed by atoms with E-state index in [1.54, 1.807) is 18.2 Å². The van der Waals surface area contributed by atoms with Gasteiger partial charge in [-0.25, -0.2) is 9.59 Å². The molecular formula is C28H27NO8S. The zero-order chi connectivity index (χ0) is 27.6. The number of aliphatic carboxylic acids is 1. The Bertz CT molecular complexity index is 1390. The van der Waals surface area contributed by atoms with Crippen LogP contribution in [0.4, 0.5) is 4.79 Å². The van der Waals surface area contributed by atoms with Gasteiger partial charge >= 0.3 is 11.9 Å². The van der Waals surface area contributed by atoms with Crippen molar-refractivity contribution < 1.29 is 38.5 Å². The summed E-state index contributed by atoms with van der Waals surface area (Å²) >= 11 is 0.870. The molecule has 2 heterocycles. The molecule has 0 aromatic heterocycles. The Morgan fingerprint density at radius 3 is 2.45 bits per heavy atom. The third kappa shape index (κ3) is 5.91. The predicted molar refractivity (Wildman–Crippen MR) is 141 cm³/mol. The Morgan fingerprint density at radius 2 is 1.82 bits per heavy atom. The molecule has 4 rings (SSSR count). The number of ether oxygens (including phenoxy) is 3. The van der Waals surface area contributed by atoms with Crippen molar-refractivity contribution in [1.29, 1.82) is 0 Å². The monoisotopic (exact) mass is 537 g/mol. The number of fused-ring (bicyclic) bond motifs is 1. The summed E-state index contributed by atoms with van der Waals surface area (Å²) in [5.74, 6) is -0.587. The van der Waals surface area contributed by atoms with Crippen molar-refractivity contribution in [3.8, 4) is 17.2 Å². The number of esters is 1. The van der Waals surface area contributed by atoms with Crippen molar-refractivity contribution in [1.82, 2.24) is 5.32 Å².